The normalized spacial score (nSPS) is 26.9. The molecule has 3 atom stereocenters. The molecule has 3 heteroatoms. The van der Waals surface area contributed by atoms with Crippen LogP contribution in [0.15, 0.2) is 0 Å². The molecule has 0 aromatic heterocycles. The number of amides is 1. The van der Waals surface area contributed by atoms with Gasteiger partial charge in [0, 0.05) is 6.54 Å². The van der Waals surface area contributed by atoms with E-state index in [0.717, 1.165) is 24.8 Å². The van der Waals surface area contributed by atoms with E-state index in [1.165, 1.54) is 25.7 Å². The second kappa shape index (κ2) is 7.30. The van der Waals surface area contributed by atoms with Crippen molar-refractivity contribution in [3.8, 4) is 0 Å². The van der Waals surface area contributed by atoms with Crippen molar-refractivity contribution in [2.24, 2.45) is 17.8 Å². The number of hydrogen-bond acceptors (Lipinski definition) is 2. The van der Waals surface area contributed by atoms with Gasteiger partial charge in [-0.25, -0.2) is 0 Å². The maximum Gasteiger partial charge on any atom is 0.233 e. The van der Waals surface area contributed by atoms with Gasteiger partial charge in [0.05, 0.1) is 5.25 Å². The Morgan fingerprint density at radius 3 is 2.71 bits per heavy atom. The van der Waals surface area contributed by atoms with E-state index in [-0.39, 0.29) is 11.2 Å². The number of carbonyl (C=O) groups is 1. The van der Waals surface area contributed by atoms with Crippen molar-refractivity contribution in [3.05, 3.63) is 0 Å². The minimum absolute atomic E-state index is 0.0900. The highest BCUT2D eigenvalue weighted by molar-refractivity contribution is 7.81. The van der Waals surface area contributed by atoms with E-state index >= 15 is 0 Å². The molecule has 0 heterocycles. The maximum atomic E-state index is 11.7. The largest absolute Gasteiger partial charge is 0.355 e. The second-order valence-corrected chi connectivity index (χ2v) is 6.46. The van der Waals surface area contributed by atoms with Crippen LogP contribution in [0.3, 0.4) is 0 Å². The fourth-order valence-corrected chi connectivity index (χ4v) is 2.72. The zero-order chi connectivity index (χ0) is 12.8. The Morgan fingerprint density at radius 1 is 1.41 bits per heavy atom. The molecule has 3 unspecified atom stereocenters. The smallest absolute Gasteiger partial charge is 0.233 e. The van der Waals surface area contributed by atoms with Crippen LogP contribution in [0.1, 0.15) is 52.9 Å². The van der Waals surface area contributed by atoms with Crippen molar-refractivity contribution in [1.29, 1.82) is 0 Å². The molecule has 1 aliphatic carbocycles. The summed E-state index contributed by atoms with van der Waals surface area (Å²) in [6.07, 6.45) is 6.56. The summed E-state index contributed by atoms with van der Waals surface area (Å²) in [4.78, 5) is 11.7. The summed E-state index contributed by atoms with van der Waals surface area (Å²) in [5.41, 5.74) is 0. The van der Waals surface area contributed by atoms with Gasteiger partial charge in [0.2, 0.25) is 5.91 Å². The number of thiol groups is 1. The lowest BCUT2D eigenvalue weighted by atomic mass is 9.81. The van der Waals surface area contributed by atoms with Crippen molar-refractivity contribution >= 4 is 18.5 Å². The molecule has 1 aliphatic rings. The van der Waals surface area contributed by atoms with Crippen molar-refractivity contribution in [2.45, 2.75) is 58.1 Å². The Bertz CT molecular complexity index is 242. The number of rotatable bonds is 5. The van der Waals surface area contributed by atoms with Crippen LogP contribution in [0.4, 0.5) is 0 Å². The average Bonchev–Trinajstić information content (AvgIpc) is 2.27. The molecule has 1 N–H and O–H groups in total. The first-order chi connectivity index (χ1) is 8.00. The molecule has 17 heavy (non-hydrogen) atoms. The Morgan fingerprint density at radius 2 is 2.12 bits per heavy atom. The molecule has 2 nitrogen and oxygen atoms in total. The third-order valence-electron chi connectivity index (χ3n) is 3.80. The summed E-state index contributed by atoms with van der Waals surface area (Å²) in [5.74, 6) is 2.08. The predicted octanol–water partition coefficient (Wildman–Crippen LogP) is 3.27. The lowest BCUT2D eigenvalue weighted by Gasteiger charge is -2.26. The van der Waals surface area contributed by atoms with Crippen LogP contribution in [0.5, 0.6) is 0 Å². The first-order valence-corrected chi connectivity index (χ1v) is 7.48. The van der Waals surface area contributed by atoms with Crippen molar-refractivity contribution in [1.82, 2.24) is 5.32 Å². The van der Waals surface area contributed by atoms with Gasteiger partial charge in [0.1, 0.15) is 0 Å². The standard InChI is InChI=1S/C14H27NOS/c1-10(2)13(17)14(16)15-8-7-12-6-4-5-11(3)9-12/h10-13,17H,4-9H2,1-3H3,(H,15,16). The van der Waals surface area contributed by atoms with Crippen LogP contribution < -0.4 is 5.32 Å². The summed E-state index contributed by atoms with van der Waals surface area (Å²) >= 11 is 4.32. The molecule has 1 rings (SSSR count). The fourth-order valence-electron chi connectivity index (χ4n) is 2.63. The van der Waals surface area contributed by atoms with E-state index in [0.29, 0.717) is 5.92 Å². The zero-order valence-corrected chi connectivity index (χ0v) is 12.3. The molecule has 0 aromatic rings. The van der Waals surface area contributed by atoms with Crippen molar-refractivity contribution < 1.29 is 4.79 Å². The van der Waals surface area contributed by atoms with E-state index in [1.54, 1.807) is 0 Å². The molecule has 100 valence electrons. The fraction of sp³-hybridized carbons (Fsp3) is 0.929. The molecule has 0 spiro atoms. The van der Waals surface area contributed by atoms with Gasteiger partial charge in [-0.1, -0.05) is 40.0 Å². The van der Waals surface area contributed by atoms with E-state index < -0.39 is 0 Å². The molecular formula is C14H27NOS. The molecule has 1 amide bonds. The van der Waals surface area contributed by atoms with Gasteiger partial charge in [-0.2, -0.15) is 12.6 Å². The molecule has 0 radical (unpaired) electrons. The summed E-state index contributed by atoms with van der Waals surface area (Å²) in [5, 5.41) is 2.84. The van der Waals surface area contributed by atoms with Crippen molar-refractivity contribution in [3.63, 3.8) is 0 Å². The zero-order valence-electron chi connectivity index (χ0n) is 11.4. The Labute approximate surface area is 111 Å². The summed E-state index contributed by atoms with van der Waals surface area (Å²) in [6.45, 7) is 7.22. The highest BCUT2D eigenvalue weighted by Gasteiger charge is 2.20. The molecule has 0 bridgehead atoms. The van der Waals surface area contributed by atoms with E-state index in [1.807, 2.05) is 13.8 Å². The van der Waals surface area contributed by atoms with Crippen LogP contribution in [-0.4, -0.2) is 17.7 Å². The van der Waals surface area contributed by atoms with Gasteiger partial charge >= 0.3 is 0 Å². The van der Waals surface area contributed by atoms with E-state index in [2.05, 4.69) is 24.9 Å². The molecule has 1 saturated carbocycles. The summed E-state index contributed by atoms with van der Waals surface area (Å²) in [7, 11) is 0. The van der Waals surface area contributed by atoms with Crippen LogP contribution in [0, 0.1) is 17.8 Å². The minimum atomic E-state index is -0.166. The molecule has 0 aliphatic heterocycles. The minimum Gasteiger partial charge on any atom is -0.355 e. The highest BCUT2D eigenvalue weighted by atomic mass is 32.1. The van der Waals surface area contributed by atoms with Gasteiger partial charge in [0.25, 0.3) is 0 Å². The van der Waals surface area contributed by atoms with E-state index in [9.17, 15) is 4.79 Å². The second-order valence-electron chi connectivity index (χ2n) is 5.91. The Hall–Kier alpha value is -0.180. The molecular weight excluding hydrogens is 230 g/mol. The lowest BCUT2D eigenvalue weighted by molar-refractivity contribution is -0.121. The molecule has 1 fully saturated rings. The van der Waals surface area contributed by atoms with Gasteiger partial charge in [0.15, 0.2) is 0 Å². The third kappa shape index (κ3) is 5.33. The molecule has 0 aromatic carbocycles. The van der Waals surface area contributed by atoms with Gasteiger partial charge in [-0.15, -0.1) is 0 Å². The highest BCUT2D eigenvalue weighted by Crippen LogP contribution is 2.30. The first-order valence-electron chi connectivity index (χ1n) is 6.96. The monoisotopic (exact) mass is 257 g/mol. The van der Waals surface area contributed by atoms with Crippen LogP contribution >= 0.6 is 12.6 Å². The molecule has 0 saturated heterocycles. The number of nitrogens with one attached hydrogen (secondary N) is 1. The topological polar surface area (TPSA) is 29.1 Å². The number of hydrogen-bond donors (Lipinski definition) is 2. The Kier molecular flexibility index (Phi) is 6.39. The summed E-state index contributed by atoms with van der Waals surface area (Å²) in [6, 6.07) is 0. The lowest BCUT2D eigenvalue weighted by Crippen LogP contribution is -2.35. The first kappa shape index (κ1) is 14.9. The van der Waals surface area contributed by atoms with Crippen LogP contribution in [-0.2, 0) is 4.79 Å². The van der Waals surface area contributed by atoms with Gasteiger partial charge in [-0.3, -0.25) is 4.79 Å². The Balaban J connectivity index is 2.16. The third-order valence-corrected chi connectivity index (χ3v) is 4.63. The average molecular weight is 257 g/mol. The van der Waals surface area contributed by atoms with Crippen molar-refractivity contribution in [2.75, 3.05) is 6.54 Å². The van der Waals surface area contributed by atoms with E-state index in [4.69, 9.17) is 0 Å². The quantitative estimate of drug-likeness (QED) is 0.727. The number of carbonyl (C=O) groups excluding carboxylic acids is 1. The predicted molar refractivity (Wildman–Crippen MR) is 76.4 cm³/mol. The maximum absolute atomic E-state index is 11.7. The SMILES string of the molecule is CC1CCCC(CCNC(=O)C(S)C(C)C)C1. The van der Waals surface area contributed by atoms with Crippen LogP contribution in [0.25, 0.3) is 0 Å². The van der Waals surface area contributed by atoms with Gasteiger partial charge in [-0.05, 0) is 30.6 Å². The van der Waals surface area contributed by atoms with Gasteiger partial charge < -0.3 is 5.32 Å². The van der Waals surface area contributed by atoms with Crippen LogP contribution in [0.2, 0.25) is 0 Å². The summed E-state index contributed by atoms with van der Waals surface area (Å²) < 4.78 is 0.